The van der Waals surface area contributed by atoms with Crippen LogP contribution in [0.1, 0.15) is 17.2 Å². The summed E-state index contributed by atoms with van der Waals surface area (Å²) in [5.41, 5.74) is 4.94. The number of rotatable bonds is 3. The Bertz CT molecular complexity index is 325. The number of hydrogen-bond donors (Lipinski definition) is 1. The lowest BCUT2D eigenvalue weighted by Crippen LogP contribution is -2.21. The Kier molecular flexibility index (Phi) is 3.71. The third-order valence-electron chi connectivity index (χ3n) is 2.01. The fraction of sp³-hybridized carbons (Fsp3) is 0.400. The molecule has 0 aromatic heterocycles. The molecule has 1 aromatic rings. The van der Waals surface area contributed by atoms with E-state index in [0.29, 0.717) is 0 Å². The van der Waals surface area contributed by atoms with Gasteiger partial charge in [-0.1, -0.05) is 18.2 Å². The first kappa shape index (κ1) is 12.0. The molecule has 1 atom stereocenters. The van der Waals surface area contributed by atoms with Gasteiger partial charge in [0, 0.05) is 7.11 Å². The molecule has 1 rings (SSSR count). The van der Waals surface area contributed by atoms with Crippen LogP contribution in [0.3, 0.4) is 0 Å². The number of ether oxygens (including phenoxy) is 1. The van der Waals surface area contributed by atoms with E-state index in [0.717, 1.165) is 6.07 Å². The van der Waals surface area contributed by atoms with Crippen LogP contribution in [-0.2, 0) is 10.9 Å². The lowest BCUT2D eigenvalue weighted by Gasteiger charge is -2.17. The summed E-state index contributed by atoms with van der Waals surface area (Å²) in [6.07, 6.45) is -4.37. The van der Waals surface area contributed by atoms with Crippen molar-refractivity contribution in [3.05, 3.63) is 35.4 Å². The van der Waals surface area contributed by atoms with Gasteiger partial charge in [0.1, 0.15) is 0 Å². The van der Waals surface area contributed by atoms with Crippen molar-refractivity contribution < 1.29 is 17.9 Å². The van der Waals surface area contributed by atoms with Gasteiger partial charge in [-0.2, -0.15) is 13.2 Å². The van der Waals surface area contributed by atoms with Gasteiger partial charge in [0.05, 0.1) is 18.2 Å². The fourth-order valence-corrected chi connectivity index (χ4v) is 1.35. The Balaban J connectivity index is 3.06. The average Bonchev–Trinajstić information content (AvgIpc) is 2.17. The van der Waals surface area contributed by atoms with Crippen LogP contribution in [0.5, 0.6) is 0 Å². The SMILES string of the molecule is COC[C@@H](N)c1ccccc1C(F)(F)F. The molecular weight excluding hydrogens is 207 g/mol. The zero-order valence-electron chi connectivity index (χ0n) is 8.21. The van der Waals surface area contributed by atoms with Crippen molar-refractivity contribution in [3.63, 3.8) is 0 Å². The van der Waals surface area contributed by atoms with Crippen LogP contribution in [0, 0.1) is 0 Å². The second-order valence-electron chi connectivity index (χ2n) is 3.15. The Hall–Kier alpha value is -1.07. The summed E-state index contributed by atoms with van der Waals surface area (Å²) in [4.78, 5) is 0. The van der Waals surface area contributed by atoms with Crippen molar-refractivity contribution >= 4 is 0 Å². The molecule has 84 valence electrons. The van der Waals surface area contributed by atoms with Gasteiger partial charge >= 0.3 is 6.18 Å². The molecule has 0 amide bonds. The van der Waals surface area contributed by atoms with Crippen molar-refractivity contribution in [2.24, 2.45) is 5.73 Å². The second-order valence-corrected chi connectivity index (χ2v) is 3.15. The summed E-state index contributed by atoms with van der Waals surface area (Å²) in [6, 6.07) is 4.50. The molecule has 0 unspecified atom stereocenters. The topological polar surface area (TPSA) is 35.2 Å². The molecule has 0 fully saturated rings. The minimum Gasteiger partial charge on any atom is -0.383 e. The van der Waals surface area contributed by atoms with E-state index in [1.165, 1.54) is 25.3 Å². The predicted molar refractivity (Wildman–Crippen MR) is 50.2 cm³/mol. The Morgan fingerprint density at radius 2 is 1.93 bits per heavy atom. The molecule has 0 heterocycles. The maximum atomic E-state index is 12.6. The van der Waals surface area contributed by atoms with Crippen molar-refractivity contribution in [3.8, 4) is 0 Å². The van der Waals surface area contributed by atoms with Crippen molar-refractivity contribution in [1.82, 2.24) is 0 Å². The molecule has 0 aliphatic rings. The van der Waals surface area contributed by atoms with E-state index in [-0.39, 0.29) is 12.2 Å². The lowest BCUT2D eigenvalue weighted by atomic mass is 10.0. The maximum absolute atomic E-state index is 12.6. The third kappa shape index (κ3) is 2.94. The van der Waals surface area contributed by atoms with E-state index >= 15 is 0 Å². The molecule has 0 saturated heterocycles. The van der Waals surface area contributed by atoms with Gasteiger partial charge in [-0.3, -0.25) is 0 Å². The summed E-state index contributed by atoms with van der Waals surface area (Å²) < 4.78 is 42.4. The van der Waals surface area contributed by atoms with E-state index in [4.69, 9.17) is 10.5 Å². The van der Waals surface area contributed by atoms with Crippen molar-refractivity contribution in [2.45, 2.75) is 12.2 Å². The molecule has 0 aliphatic carbocycles. The average molecular weight is 219 g/mol. The number of nitrogens with two attached hydrogens (primary N) is 1. The molecule has 15 heavy (non-hydrogen) atoms. The van der Waals surface area contributed by atoms with Gasteiger partial charge in [-0.15, -0.1) is 0 Å². The second kappa shape index (κ2) is 4.63. The lowest BCUT2D eigenvalue weighted by molar-refractivity contribution is -0.138. The number of halogens is 3. The van der Waals surface area contributed by atoms with Crippen LogP contribution in [0.25, 0.3) is 0 Å². The van der Waals surface area contributed by atoms with E-state index in [1.54, 1.807) is 0 Å². The van der Waals surface area contributed by atoms with Crippen LogP contribution in [-0.4, -0.2) is 13.7 Å². The van der Waals surface area contributed by atoms with E-state index in [1.807, 2.05) is 0 Å². The Morgan fingerprint density at radius 1 is 1.33 bits per heavy atom. The molecular formula is C10H12F3NO. The van der Waals surface area contributed by atoms with Crippen LogP contribution in [0.15, 0.2) is 24.3 Å². The van der Waals surface area contributed by atoms with E-state index < -0.39 is 17.8 Å². The van der Waals surface area contributed by atoms with Crippen LogP contribution >= 0.6 is 0 Å². The summed E-state index contributed by atoms with van der Waals surface area (Å²) in [5.74, 6) is 0. The van der Waals surface area contributed by atoms with Crippen molar-refractivity contribution in [1.29, 1.82) is 0 Å². The zero-order chi connectivity index (χ0) is 11.5. The standard InChI is InChI=1S/C10H12F3NO/c1-15-6-9(14)7-4-2-3-5-8(7)10(11,12)13/h2-5,9H,6,14H2,1H3/t9-/m1/s1. The van der Waals surface area contributed by atoms with Gasteiger partial charge in [-0.05, 0) is 11.6 Å². The first-order valence-electron chi connectivity index (χ1n) is 4.37. The minimum absolute atomic E-state index is 0.0619. The Labute approximate surface area is 85.8 Å². The third-order valence-corrected chi connectivity index (χ3v) is 2.01. The van der Waals surface area contributed by atoms with Crippen LogP contribution in [0.4, 0.5) is 13.2 Å². The maximum Gasteiger partial charge on any atom is 0.416 e. The van der Waals surface area contributed by atoms with Gasteiger partial charge in [0.25, 0.3) is 0 Å². The Morgan fingerprint density at radius 3 is 2.47 bits per heavy atom. The number of hydrogen-bond acceptors (Lipinski definition) is 2. The smallest absolute Gasteiger partial charge is 0.383 e. The highest BCUT2D eigenvalue weighted by Gasteiger charge is 2.34. The quantitative estimate of drug-likeness (QED) is 0.846. The summed E-state index contributed by atoms with van der Waals surface area (Å²) in [5, 5.41) is 0. The molecule has 0 bridgehead atoms. The monoisotopic (exact) mass is 219 g/mol. The molecule has 0 saturated carbocycles. The number of alkyl halides is 3. The van der Waals surface area contributed by atoms with Gasteiger partial charge in [0.2, 0.25) is 0 Å². The normalized spacial score (nSPS) is 13.9. The summed E-state index contributed by atoms with van der Waals surface area (Å²) in [6.45, 7) is 0.0626. The summed E-state index contributed by atoms with van der Waals surface area (Å²) in [7, 11) is 1.40. The first-order valence-corrected chi connectivity index (χ1v) is 4.37. The number of methoxy groups -OCH3 is 1. The minimum atomic E-state index is -4.37. The highest BCUT2D eigenvalue weighted by molar-refractivity contribution is 5.32. The van der Waals surface area contributed by atoms with Gasteiger partial charge < -0.3 is 10.5 Å². The molecule has 0 radical (unpaired) electrons. The number of benzene rings is 1. The zero-order valence-corrected chi connectivity index (χ0v) is 8.21. The molecule has 0 aliphatic heterocycles. The summed E-state index contributed by atoms with van der Waals surface area (Å²) >= 11 is 0. The van der Waals surface area contributed by atoms with E-state index in [9.17, 15) is 13.2 Å². The molecule has 0 spiro atoms. The highest BCUT2D eigenvalue weighted by Crippen LogP contribution is 2.33. The van der Waals surface area contributed by atoms with Crippen molar-refractivity contribution in [2.75, 3.05) is 13.7 Å². The fourth-order valence-electron chi connectivity index (χ4n) is 1.35. The first-order chi connectivity index (χ1) is 6.96. The van der Waals surface area contributed by atoms with Gasteiger partial charge in [-0.25, -0.2) is 0 Å². The molecule has 1 aromatic carbocycles. The van der Waals surface area contributed by atoms with E-state index in [2.05, 4.69) is 0 Å². The predicted octanol–water partition coefficient (Wildman–Crippen LogP) is 2.35. The highest BCUT2D eigenvalue weighted by atomic mass is 19.4. The largest absolute Gasteiger partial charge is 0.416 e. The molecule has 2 N–H and O–H groups in total. The van der Waals surface area contributed by atoms with Crippen LogP contribution in [0.2, 0.25) is 0 Å². The van der Waals surface area contributed by atoms with Gasteiger partial charge in [0.15, 0.2) is 0 Å². The molecule has 2 nitrogen and oxygen atoms in total. The molecule has 5 heteroatoms. The van der Waals surface area contributed by atoms with Crippen LogP contribution < -0.4 is 5.73 Å².